The van der Waals surface area contributed by atoms with Crippen molar-refractivity contribution >= 4 is 5.97 Å². The van der Waals surface area contributed by atoms with Gasteiger partial charge in [-0.25, -0.2) is 4.79 Å². The first-order chi connectivity index (χ1) is 8.82. The first-order valence-corrected chi connectivity index (χ1v) is 5.92. The molecule has 2 N–H and O–H groups in total. The van der Waals surface area contributed by atoms with Crippen LogP contribution in [0.1, 0.15) is 25.3 Å². The van der Waals surface area contributed by atoms with Crippen LogP contribution in [0.25, 0.3) is 0 Å². The summed E-state index contributed by atoms with van der Waals surface area (Å²) in [5.74, 6) is -1.30. The predicted molar refractivity (Wildman–Crippen MR) is 64.7 cm³/mol. The second-order valence-corrected chi connectivity index (χ2v) is 4.30. The van der Waals surface area contributed by atoms with E-state index in [1.165, 1.54) is 12.1 Å². The molecule has 0 aliphatic carbocycles. The van der Waals surface area contributed by atoms with Gasteiger partial charge in [0.1, 0.15) is 5.54 Å². The molecule has 1 atom stereocenters. The number of carboxylic acid groups (broad SMARTS) is 1. The summed E-state index contributed by atoms with van der Waals surface area (Å²) in [7, 11) is 0. The van der Waals surface area contributed by atoms with Gasteiger partial charge in [0, 0.05) is 0 Å². The van der Waals surface area contributed by atoms with E-state index in [2.05, 4.69) is 5.32 Å². The maximum absolute atomic E-state index is 12.3. The van der Waals surface area contributed by atoms with E-state index < -0.39 is 24.2 Å². The van der Waals surface area contributed by atoms with Crippen molar-refractivity contribution in [2.75, 3.05) is 6.54 Å². The first-order valence-electron chi connectivity index (χ1n) is 5.92. The van der Waals surface area contributed by atoms with Crippen molar-refractivity contribution < 1.29 is 23.1 Å². The number of nitrogens with one attached hydrogen (secondary N) is 1. The predicted octanol–water partition coefficient (Wildman–Crippen LogP) is 2.92. The lowest BCUT2D eigenvalue weighted by Crippen LogP contribution is -2.52. The monoisotopic (exact) mass is 275 g/mol. The molecule has 6 heteroatoms. The fourth-order valence-corrected chi connectivity index (χ4v) is 1.99. The highest BCUT2D eigenvalue weighted by Crippen LogP contribution is 2.28. The van der Waals surface area contributed by atoms with Gasteiger partial charge in [-0.3, -0.25) is 5.32 Å². The highest BCUT2D eigenvalue weighted by molar-refractivity contribution is 5.80. The molecule has 0 amide bonds. The van der Waals surface area contributed by atoms with Crippen molar-refractivity contribution in [3.8, 4) is 0 Å². The molecule has 0 spiro atoms. The maximum Gasteiger partial charge on any atom is 0.401 e. The molecule has 3 nitrogen and oxygen atoms in total. The fraction of sp³-hybridized carbons (Fsp3) is 0.462. The van der Waals surface area contributed by atoms with Crippen LogP contribution in [-0.2, 0) is 10.3 Å². The van der Waals surface area contributed by atoms with Crippen LogP contribution in [0.3, 0.4) is 0 Å². The zero-order valence-corrected chi connectivity index (χ0v) is 10.5. The Balaban J connectivity index is 3.11. The Morgan fingerprint density at radius 2 is 1.84 bits per heavy atom. The third-order valence-electron chi connectivity index (χ3n) is 2.85. The number of carboxylic acids is 1. The van der Waals surface area contributed by atoms with Gasteiger partial charge in [0.15, 0.2) is 0 Å². The van der Waals surface area contributed by atoms with E-state index in [1.54, 1.807) is 25.1 Å². The summed E-state index contributed by atoms with van der Waals surface area (Å²) in [4.78, 5) is 11.5. The molecule has 0 radical (unpaired) electrons. The molecule has 0 bridgehead atoms. The van der Waals surface area contributed by atoms with Crippen LogP contribution < -0.4 is 5.32 Å². The van der Waals surface area contributed by atoms with Gasteiger partial charge in [-0.05, 0) is 12.0 Å². The van der Waals surface area contributed by atoms with E-state index in [9.17, 15) is 23.1 Å². The molecule has 1 rings (SSSR count). The molecule has 1 unspecified atom stereocenters. The molecule has 0 heterocycles. The van der Waals surface area contributed by atoms with Crippen LogP contribution in [0.4, 0.5) is 13.2 Å². The third-order valence-corrected chi connectivity index (χ3v) is 2.85. The topological polar surface area (TPSA) is 49.3 Å². The van der Waals surface area contributed by atoms with Crippen molar-refractivity contribution in [2.45, 2.75) is 31.5 Å². The van der Waals surface area contributed by atoms with Crippen LogP contribution in [0, 0.1) is 0 Å². The van der Waals surface area contributed by atoms with Gasteiger partial charge in [-0.1, -0.05) is 43.7 Å². The lowest BCUT2D eigenvalue weighted by atomic mass is 9.85. The molecular weight excluding hydrogens is 259 g/mol. The summed E-state index contributed by atoms with van der Waals surface area (Å²) in [6, 6.07) is 7.95. The molecule has 1 aromatic rings. The minimum absolute atomic E-state index is 0.0857. The molecule has 19 heavy (non-hydrogen) atoms. The number of aliphatic carboxylic acids is 1. The van der Waals surface area contributed by atoms with Crippen molar-refractivity contribution in [1.82, 2.24) is 5.32 Å². The Hall–Kier alpha value is -1.56. The summed E-state index contributed by atoms with van der Waals surface area (Å²) >= 11 is 0. The Labute approximate surface area is 109 Å². The molecule has 0 fully saturated rings. The van der Waals surface area contributed by atoms with Crippen LogP contribution in [0.2, 0.25) is 0 Å². The summed E-state index contributed by atoms with van der Waals surface area (Å²) in [6.07, 6.45) is -3.92. The van der Waals surface area contributed by atoms with E-state index >= 15 is 0 Å². The molecule has 0 saturated heterocycles. The molecule has 0 saturated carbocycles. The highest BCUT2D eigenvalue weighted by atomic mass is 19.4. The second-order valence-electron chi connectivity index (χ2n) is 4.30. The fourth-order valence-electron chi connectivity index (χ4n) is 1.99. The average molecular weight is 275 g/mol. The number of halogens is 3. The van der Waals surface area contributed by atoms with E-state index in [0.717, 1.165) is 0 Å². The van der Waals surface area contributed by atoms with Crippen molar-refractivity contribution in [2.24, 2.45) is 0 Å². The number of benzene rings is 1. The van der Waals surface area contributed by atoms with Gasteiger partial charge in [0.2, 0.25) is 0 Å². The Kier molecular flexibility index (Phi) is 4.94. The van der Waals surface area contributed by atoms with Crippen molar-refractivity contribution in [3.63, 3.8) is 0 Å². The largest absolute Gasteiger partial charge is 0.480 e. The zero-order chi connectivity index (χ0) is 14.5. The second kappa shape index (κ2) is 6.06. The average Bonchev–Trinajstić information content (AvgIpc) is 2.34. The van der Waals surface area contributed by atoms with E-state index in [4.69, 9.17) is 0 Å². The minimum Gasteiger partial charge on any atom is -0.480 e. The smallest absolute Gasteiger partial charge is 0.401 e. The lowest BCUT2D eigenvalue weighted by molar-refractivity contribution is -0.151. The van der Waals surface area contributed by atoms with Gasteiger partial charge in [0.25, 0.3) is 0 Å². The summed E-state index contributed by atoms with van der Waals surface area (Å²) < 4.78 is 37.0. The van der Waals surface area contributed by atoms with Gasteiger partial charge < -0.3 is 5.11 Å². The zero-order valence-electron chi connectivity index (χ0n) is 10.5. The van der Waals surface area contributed by atoms with Gasteiger partial charge >= 0.3 is 12.1 Å². The van der Waals surface area contributed by atoms with Crippen LogP contribution in [0.5, 0.6) is 0 Å². The van der Waals surface area contributed by atoms with Crippen molar-refractivity contribution in [3.05, 3.63) is 35.9 Å². The molecule has 106 valence electrons. The number of alkyl halides is 3. The Bertz CT molecular complexity index is 420. The van der Waals surface area contributed by atoms with Crippen LogP contribution in [-0.4, -0.2) is 23.8 Å². The minimum atomic E-state index is -4.46. The van der Waals surface area contributed by atoms with E-state index in [0.29, 0.717) is 12.0 Å². The molecule has 0 aliphatic heterocycles. The number of carbonyl (C=O) groups is 1. The number of hydrogen-bond donors (Lipinski definition) is 2. The number of rotatable bonds is 6. The van der Waals surface area contributed by atoms with Gasteiger partial charge in [-0.15, -0.1) is 0 Å². The highest BCUT2D eigenvalue weighted by Gasteiger charge is 2.42. The van der Waals surface area contributed by atoms with Gasteiger partial charge in [0.05, 0.1) is 6.54 Å². The lowest BCUT2D eigenvalue weighted by Gasteiger charge is -2.31. The Morgan fingerprint density at radius 1 is 1.26 bits per heavy atom. The first kappa shape index (κ1) is 15.5. The van der Waals surface area contributed by atoms with E-state index in [-0.39, 0.29) is 6.42 Å². The van der Waals surface area contributed by atoms with Crippen molar-refractivity contribution in [1.29, 1.82) is 0 Å². The van der Waals surface area contributed by atoms with Gasteiger partial charge in [-0.2, -0.15) is 13.2 Å². The molecule has 1 aromatic carbocycles. The summed E-state index contributed by atoms with van der Waals surface area (Å²) in [5.41, 5.74) is -1.38. The maximum atomic E-state index is 12.3. The number of hydrogen-bond acceptors (Lipinski definition) is 2. The normalized spacial score (nSPS) is 14.9. The molecule has 0 aliphatic rings. The molecular formula is C13H16F3NO2. The molecule has 0 aromatic heterocycles. The SMILES string of the molecule is CCCC(NCC(F)(F)F)(C(=O)O)c1ccccc1. The quantitative estimate of drug-likeness (QED) is 0.839. The van der Waals surface area contributed by atoms with Crippen LogP contribution in [0.15, 0.2) is 30.3 Å². The van der Waals surface area contributed by atoms with E-state index in [1.807, 2.05) is 0 Å². The van der Waals surface area contributed by atoms with Crippen LogP contribution >= 0.6 is 0 Å². The summed E-state index contributed by atoms with van der Waals surface area (Å²) in [6.45, 7) is 0.393. The summed E-state index contributed by atoms with van der Waals surface area (Å²) in [5, 5.41) is 11.5. The standard InChI is InChI=1S/C13H16F3NO2/c1-2-8-12(11(18)19,17-9-13(14,15)16)10-6-4-3-5-7-10/h3-7,17H,2,8-9H2,1H3,(H,18,19). The Morgan fingerprint density at radius 3 is 2.26 bits per heavy atom. The third kappa shape index (κ3) is 3.96.